The van der Waals surface area contributed by atoms with Crippen molar-refractivity contribution in [2.45, 2.75) is 64.9 Å². The van der Waals surface area contributed by atoms with Crippen molar-refractivity contribution in [3.8, 4) is 0 Å². The Bertz CT molecular complexity index is 1300. The summed E-state index contributed by atoms with van der Waals surface area (Å²) in [6, 6.07) is 7.79. The van der Waals surface area contributed by atoms with Gasteiger partial charge in [-0.05, 0) is 54.2 Å². The zero-order chi connectivity index (χ0) is 29.5. The average Bonchev–Trinajstić information content (AvgIpc) is 3.37. The maximum atomic E-state index is 13.6. The van der Waals surface area contributed by atoms with Gasteiger partial charge < -0.3 is 19.9 Å². The number of alkyl halides is 3. The van der Waals surface area contributed by atoms with E-state index in [1.165, 1.54) is 12.1 Å². The summed E-state index contributed by atoms with van der Waals surface area (Å²) in [5, 5.41) is 3.35. The quantitative estimate of drug-likeness (QED) is 0.351. The SMILES string of the molecule is CCC(C)(C)CNc1ccc2c(c1)CC(=O)[C@]21OCN(CC(=O)N(Cc2ccc(F)cc2)[C@@H](C)C(F)(F)F)C1=O. The number of rotatable bonds is 9. The van der Waals surface area contributed by atoms with Crippen LogP contribution >= 0.6 is 0 Å². The molecule has 0 bridgehead atoms. The molecule has 1 N–H and O–H groups in total. The van der Waals surface area contributed by atoms with Crippen molar-refractivity contribution in [2.24, 2.45) is 5.41 Å². The fourth-order valence-electron chi connectivity index (χ4n) is 4.79. The third kappa shape index (κ3) is 5.70. The Morgan fingerprint density at radius 3 is 2.45 bits per heavy atom. The smallest absolute Gasteiger partial charge is 0.385 e. The van der Waals surface area contributed by atoms with Gasteiger partial charge in [-0.1, -0.05) is 39.0 Å². The van der Waals surface area contributed by atoms with Crippen molar-refractivity contribution in [3.05, 3.63) is 65.0 Å². The highest BCUT2D eigenvalue weighted by Gasteiger charge is 2.59. The Morgan fingerprint density at radius 2 is 1.82 bits per heavy atom. The van der Waals surface area contributed by atoms with E-state index in [1.807, 2.05) is 0 Å². The van der Waals surface area contributed by atoms with Gasteiger partial charge in [0.15, 0.2) is 5.78 Å². The highest BCUT2D eigenvalue weighted by atomic mass is 19.4. The Kier molecular flexibility index (Phi) is 7.99. The van der Waals surface area contributed by atoms with E-state index >= 15 is 0 Å². The molecule has 40 heavy (non-hydrogen) atoms. The summed E-state index contributed by atoms with van der Waals surface area (Å²) in [4.78, 5) is 41.4. The van der Waals surface area contributed by atoms with E-state index in [-0.39, 0.29) is 17.4 Å². The minimum atomic E-state index is -4.74. The van der Waals surface area contributed by atoms with Gasteiger partial charge in [-0.25, -0.2) is 4.39 Å². The largest absolute Gasteiger partial charge is 0.408 e. The molecule has 1 aliphatic heterocycles. The number of ether oxygens (including phenoxy) is 1. The molecule has 7 nitrogen and oxygen atoms in total. The average molecular weight is 564 g/mol. The fourth-order valence-corrected chi connectivity index (χ4v) is 4.79. The Labute approximate surface area is 230 Å². The number of Topliss-reactive ketones (excluding diaryl/α,β-unsaturated/α-hetero) is 1. The Balaban J connectivity index is 1.53. The molecule has 2 atom stereocenters. The number of benzene rings is 2. The molecule has 0 unspecified atom stereocenters. The topological polar surface area (TPSA) is 79.0 Å². The van der Waals surface area contributed by atoms with Gasteiger partial charge >= 0.3 is 6.18 Å². The summed E-state index contributed by atoms with van der Waals surface area (Å²) in [5.74, 6) is -2.81. The number of nitrogens with zero attached hydrogens (tertiary/aromatic N) is 2. The molecule has 216 valence electrons. The van der Waals surface area contributed by atoms with E-state index in [0.29, 0.717) is 22.6 Å². The third-order valence-electron chi connectivity index (χ3n) is 7.84. The molecule has 11 heteroatoms. The van der Waals surface area contributed by atoms with Crippen molar-refractivity contribution in [1.29, 1.82) is 0 Å². The number of hydrogen-bond donors (Lipinski definition) is 1. The van der Waals surface area contributed by atoms with Crippen molar-refractivity contribution in [3.63, 3.8) is 0 Å². The summed E-state index contributed by atoms with van der Waals surface area (Å²) >= 11 is 0. The van der Waals surface area contributed by atoms with Crippen molar-refractivity contribution in [2.75, 3.05) is 25.1 Å². The number of carbonyl (C=O) groups excluding carboxylic acids is 3. The zero-order valence-electron chi connectivity index (χ0n) is 22.9. The molecule has 2 amide bonds. The van der Waals surface area contributed by atoms with Crippen LogP contribution in [0.15, 0.2) is 42.5 Å². The number of nitrogens with one attached hydrogen (secondary N) is 1. The zero-order valence-corrected chi connectivity index (χ0v) is 22.9. The first-order valence-electron chi connectivity index (χ1n) is 13.1. The monoisotopic (exact) mass is 563 g/mol. The molecule has 0 radical (unpaired) electrons. The predicted octanol–water partition coefficient (Wildman–Crippen LogP) is 4.79. The van der Waals surface area contributed by atoms with Crippen LogP contribution in [-0.2, 0) is 37.7 Å². The standard InChI is InChI=1S/C29H33F4N3O4/c1-5-27(3,4)16-34-22-10-11-23-20(12-22)13-24(37)28(23)26(39)35(17-40-28)15-25(38)36(18(2)29(31,32)33)14-19-6-8-21(30)9-7-19/h6-12,18,34H,5,13-17H2,1-4H3/t18-,28+/m0/s1. The van der Waals surface area contributed by atoms with Crippen LogP contribution < -0.4 is 5.32 Å². The molecule has 1 aliphatic carbocycles. The van der Waals surface area contributed by atoms with E-state index < -0.39 is 61.1 Å². The minimum Gasteiger partial charge on any atom is -0.385 e. The molecule has 2 aromatic rings. The lowest BCUT2D eigenvalue weighted by molar-refractivity contribution is -0.187. The number of fused-ring (bicyclic) bond motifs is 2. The highest BCUT2D eigenvalue weighted by molar-refractivity contribution is 6.15. The Morgan fingerprint density at radius 1 is 1.15 bits per heavy atom. The minimum absolute atomic E-state index is 0.0443. The summed E-state index contributed by atoms with van der Waals surface area (Å²) in [6.07, 6.45) is -3.81. The predicted molar refractivity (Wildman–Crippen MR) is 140 cm³/mol. The first-order chi connectivity index (χ1) is 18.7. The van der Waals surface area contributed by atoms with Crippen LogP contribution in [0.5, 0.6) is 0 Å². The van der Waals surface area contributed by atoms with Crippen LogP contribution in [0.2, 0.25) is 0 Å². The molecular formula is C29H33F4N3O4. The van der Waals surface area contributed by atoms with Gasteiger partial charge in [-0.15, -0.1) is 0 Å². The van der Waals surface area contributed by atoms with Gasteiger partial charge in [0.1, 0.15) is 25.1 Å². The van der Waals surface area contributed by atoms with Crippen LogP contribution in [0.4, 0.5) is 23.2 Å². The van der Waals surface area contributed by atoms with E-state index in [0.717, 1.165) is 36.1 Å². The van der Waals surface area contributed by atoms with Gasteiger partial charge in [-0.3, -0.25) is 14.4 Å². The lowest BCUT2D eigenvalue weighted by Gasteiger charge is -2.32. The van der Waals surface area contributed by atoms with E-state index in [9.17, 15) is 31.9 Å². The molecule has 1 fully saturated rings. The molecule has 0 aromatic heterocycles. The second kappa shape index (κ2) is 10.8. The number of carbonyl (C=O) groups is 3. The fraction of sp³-hybridized carbons (Fsp3) is 0.483. The summed E-state index contributed by atoms with van der Waals surface area (Å²) in [5.41, 5.74) is 0.216. The van der Waals surface area contributed by atoms with Gasteiger partial charge in [-0.2, -0.15) is 13.2 Å². The van der Waals surface area contributed by atoms with Crippen LogP contribution in [0.3, 0.4) is 0 Å². The van der Waals surface area contributed by atoms with E-state index in [2.05, 4.69) is 26.1 Å². The molecule has 2 aliphatic rings. The molecular weight excluding hydrogens is 530 g/mol. The Hall–Kier alpha value is -3.47. The first kappa shape index (κ1) is 29.5. The second-order valence-corrected chi connectivity index (χ2v) is 11.2. The lowest BCUT2D eigenvalue weighted by atomic mass is 9.90. The maximum Gasteiger partial charge on any atom is 0.408 e. The van der Waals surface area contributed by atoms with Crippen LogP contribution in [0.25, 0.3) is 0 Å². The maximum absolute atomic E-state index is 13.6. The van der Waals surface area contributed by atoms with Crippen LogP contribution in [0.1, 0.15) is 50.8 Å². The third-order valence-corrected chi connectivity index (χ3v) is 7.84. The lowest BCUT2D eigenvalue weighted by Crippen LogP contribution is -2.51. The van der Waals surface area contributed by atoms with Crippen molar-refractivity contribution < 1.29 is 36.7 Å². The first-order valence-corrected chi connectivity index (χ1v) is 13.1. The number of anilines is 1. The number of amides is 2. The number of halogens is 4. The second-order valence-electron chi connectivity index (χ2n) is 11.2. The molecule has 1 heterocycles. The summed E-state index contributed by atoms with van der Waals surface area (Å²) in [7, 11) is 0. The van der Waals surface area contributed by atoms with Gasteiger partial charge in [0, 0.05) is 30.8 Å². The summed E-state index contributed by atoms with van der Waals surface area (Å²) in [6.45, 7) is 6.32. The van der Waals surface area contributed by atoms with Gasteiger partial charge in [0.05, 0.1) is 0 Å². The van der Waals surface area contributed by atoms with Crippen LogP contribution in [-0.4, -0.2) is 59.4 Å². The molecule has 1 spiro atoms. The van der Waals surface area contributed by atoms with Crippen molar-refractivity contribution >= 4 is 23.3 Å². The molecule has 0 saturated carbocycles. The number of hydrogen-bond acceptors (Lipinski definition) is 5. The molecule has 4 rings (SSSR count). The van der Waals surface area contributed by atoms with E-state index in [4.69, 9.17) is 4.74 Å². The van der Waals surface area contributed by atoms with Crippen molar-refractivity contribution in [1.82, 2.24) is 9.80 Å². The number of ketones is 1. The highest BCUT2D eigenvalue weighted by Crippen LogP contribution is 2.43. The molecule has 1 saturated heterocycles. The summed E-state index contributed by atoms with van der Waals surface area (Å²) < 4.78 is 60.0. The normalized spacial score (nSPS) is 19.8. The van der Waals surface area contributed by atoms with Crippen LogP contribution in [0, 0.1) is 11.2 Å². The van der Waals surface area contributed by atoms with E-state index in [1.54, 1.807) is 18.2 Å². The molecule has 2 aromatic carbocycles. The van der Waals surface area contributed by atoms with Gasteiger partial charge in [0.2, 0.25) is 11.5 Å². The van der Waals surface area contributed by atoms with Gasteiger partial charge in [0.25, 0.3) is 5.91 Å².